The van der Waals surface area contributed by atoms with Gasteiger partial charge in [0.05, 0.1) is 5.69 Å². The molecular weight excluding hydrogens is 164 g/mol. The van der Waals surface area contributed by atoms with Crippen LogP contribution in [0.4, 0.5) is 6.01 Å². The van der Waals surface area contributed by atoms with E-state index in [-0.39, 0.29) is 0 Å². The highest BCUT2D eigenvalue weighted by Crippen LogP contribution is 2.17. The maximum Gasteiger partial charge on any atom is 0.294 e. The summed E-state index contributed by atoms with van der Waals surface area (Å²) in [5, 5.41) is 2.90. The first kappa shape index (κ1) is 10.1. The van der Waals surface area contributed by atoms with Crippen LogP contribution in [-0.4, -0.2) is 12.0 Å². The van der Waals surface area contributed by atoms with Crippen molar-refractivity contribution in [2.45, 2.75) is 33.6 Å². The largest absolute Gasteiger partial charge is 0.429 e. The van der Waals surface area contributed by atoms with E-state index in [1.807, 2.05) is 14.0 Å². The van der Waals surface area contributed by atoms with Gasteiger partial charge in [-0.15, -0.1) is 0 Å². The van der Waals surface area contributed by atoms with E-state index in [0.29, 0.717) is 11.9 Å². The molecule has 1 heterocycles. The molecule has 3 heteroatoms. The highest BCUT2D eigenvalue weighted by molar-refractivity contribution is 5.23. The number of hydrogen-bond donors (Lipinski definition) is 1. The fourth-order valence-corrected chi connectivity index (χ4v) is 1.19. The molecule has 0 atom stereocenters. The molecule has 0 radical (unpaired) electrons. The average molecular weight is 182 g/mol. The van der Waals surface area contributed by atoms with Gasteiger partial charge in [0.1, 0.15) is 5.76 Å². The molecule has 74 valence electrons. The van der Waals surface area contributed by atoms with E-state index < -0.39 is 0 Å². The van der Waals surface area contributed by atoms with Gasteiger partial charge in [0.15, 0.2) is 0 Å². The summed E-state index contributed by atoms with van der Waals surface area (Å²) in [6.07, 6.45) is 2.14. The Labute approximate surface area is 79.5 Å². The van der Waals surface area contributed by atoms with Gasteiger partial charge in [-0.1, -0.05) is 13.8 Å². The highest BCUT2D eigenvalue weighted by Gasteiger charge is 2.08. The van der Waals surface area contributed by atoms with Gasteiger partial charge >= 0.3 is 0 Å². The summed E-state index contributed by atoms with van der Waals surface area (Å²) in [6, 6.07) is 0.622. The maximum absolute atomic E-state index is 5.49. The monoisotopic (exact) mass is 182 g/mol. The third-order valence-corrected chi connectivity index (χ3v) is 2.06. The standard InChI is InChI=1S/C10H18N2O/c1-7(2)5-6-9-8(3)12-10(11-4)13-9/h7H,5-6H2,1-4H3,(H,11,12). The van der Waals surface area contributed by atoms with E-state index >= 15 is 0 Å². The van der Waals surface area contributed by atoms with Crippen LogP contribution in [0.1, 0.15) is 31.7 Å². The number of nitrogens with zero attached hydrogens (tertiary/aromatic N) is 1. The van der Waals surface area contributed by atoms with Crippen molar-refractivity contribution < 1.29 is 4.42 Å². The van der Waals surface area contributed by atoms with Gasteiger partial charge in [0.2, 0.25) is 0 Å². The smallest absolute Gasteiger partial charge is 0.294 e. The molecule has 1 N–H and O–H groups in total. The molecule has 0 spiro atoms. The minimum Gasteiger partial charge on any atom is -0.429 e. The molecule has 13 heavy (non-hydrogen) atoms. The van der Waals surface area contributed by atoms with Crippen molar-refractivity contribution in [2.75, 3.05) is 12.4 Å². The Morgan fingerprint density at radius 1 is 1.46 bits per heavy atom. The Morgan fingerprint density at radius 2 is 2.15 bits per heavy atom. The van der Waals surface area contributed by atoms with E-state index in [0.717, 1.165) is 24.3 Å². The number of rotatable bonds is 4. The maximum atomic E-state index is 5.49. The van der Waals surface area contributed by atoms with Gasteiger partial charge in [0, 0.05) is 13.5 Å². The molecule has 0 aliphatic rings. The summed E-state index contributed by atoms with van der Waals surface area (Å²) in [7, 11) is 1.82. The second kappa shape index (κ2) is 4.30. The molecule has 1 rings (SSSR count). The summed E-state index contributed by atoms with van der Waals surface area (Å²) < 4.78 is 5.49. The average Bonchev–Trinajstić information content (AvgIpc) is 2.43. The molecule has 0 aliphatic heterocycles. The first-order valence-corrected chi connectivity index (χ1v) is 4.77. The van der Waals surface area contributed by atoms with Crippen LogP contribution in [0.25, 0.3) is 0 Å². The first-order valence-electron chi connectivity index (χ1n) is 4.77. The van der Waals surface area contributed by atoms with Gasteiger partial charge < -0.3 is 9.73 Å². The molecule has 0 saturated heterocycles. The predicted octanol–water partition coefficient (Wildman–Crippen LogP) is 2.61. The quantitative estimate of drug-likeness (QED) is 0.777. The topological polar surface area (TPSA) is 38.1 Å². The molecule has 1 aromatic heterocycles. The van der Waals surface area contributed by atoms with Gasteiger partial charge in [-0.3, -0.25) is 0 Å². The zero-order valence-electron chi connectivity index (χ0n) is 8.85. The zero-order chi connectivity index (χ0) is 9.84. The van der Waals surface area contributed by atoms with E-state index in [9.17, 15) is 0 Å². The third kappa shape index (κ3) is 2.76. The molecule has 1 aromatic rings. The molecule has 0 aromatic carbocycles. The molecule has 0 fully saturated rings. The van der Waals surface area contributed by atoms with Gasteiger partial charge in [0.25, 0.3) is 6.01 Å². The second-order valence-corrected chi connectivity index (χ2v) is 3.71. The Hall–Kier alpha value is -0.990. The van der Waals surface area contributed by atoms with Crippen LogP contribution >= 0.6 is 0 Å². The minimum absolute atomic E-state index is 0.622. The molecule has 0 unspecified atom stereocenters. The molecule has 0 aliphatic carbocycles. The van der Waals surface area contributed by atoms with Crippen LogP contribution < -0.4 is 5.32 Å². The van der Waals surface area contributed by atoms with Crippen molar-refractivity contribution >= 4 is 6.01 Å². The summed E-state index contributed by atoms with van der Waals surface area (Å²) >= 11 is 0. The Morgan fingerprint density at radius 3 is 2.62 bits per heavy atom. The second-order valence-electron chi connectivity index (χ2n) is 3.71. The van der Waals surface area contributed by atoms with Crippen LogP contribution in [0.2, 0.25) is 0 Å². The van der Waals surface area contributed by atoms with Crippen molar-refractivity contribution in [3.8, 4) is 0 Å². The van der Waals surface area contributed by atoms with Crippen molar-refractivity contribution in [1.82, 2.24) is 4.98 Å². The van der Waals surface area contributed by atoms with E-state index in [4.69, 9.17) is 4.42 Å². The van der Waals surface area contributed by atoms with Crippen molar-refractivity contribution in [1.29, 1.82) is 0 Å². The van der Waals surface area contributed by atoms with Crippen LogP contribution in [-0.2, 0) is 6.42 Å². The van der Waals surface area contributed by atoms with Gasteiger partial charge in [-0.05, 0) is 19.3 Å². The molecule has 0 saturated carbocycles. The normalized spacial score (nSPS) is 10.8. The SMILES string of the molecule is CNc1nc(C)c(CCC(C)C)o1. The summed E-state index contributed by atoms with van der Waals surface area (Å²) in [4.78, 5) is 4.23. The number of hydrogen-bond acceptors (Lipinski definition) is 3. The number of aromatic nitrogens is 1. The lowest BCUT2D eigenvalue weighted by Gasteiger charge is -2.01. The highest BCUT2D eigenvalue weighted by atomic mass is 16.4. The molecule has 0 amide bonds. The lowest BCUT2D eigenvalue weighted by molar-refractivity contribution is 0.480. The predicted molar refractivity (Wildman–Crippen MR) is 53.9 cm³/mol. The Bertz CT molecular complexity index is 266. The lowest BCUT2D eigenvalue weighted by atomic mass is 10.1. The minimum atomic E-state index is 0.622. The Kier molecular flexibility index (Phi) is 3.34. The van der Waals surface area contributed by atoms with Crippen molar-refractivity contribution in [2.24, 2.45) is 5.92 Å². The van der Waals surface area contributed by atoms with Gasteiger partial charge in [-0.25, -0.2) is 0 Å². The van der Waals surface area contributed by atoms with E-state index in [1.54, 1.807) is 0 Å². The number of nitrogens with one attached hydrogen (secondary N) is 1. The summed E-state index contributed by atoms with van der Waals surface area (Å²) in [6.45, 7) is 6.41. The molecule has 0 bridgehead atoms. The number of anilines is 1. The van der Waals surface area contributed by atoms with Crippen LogP contribution in [0.3, 0.4) is 0 Å². The van der Waals surface area contributed by atoms with Gasteiger partial charge in [-0.2, -0.15) is 4.98 Å². The van der Waals surface area contributed by atoms with Crippen LogP contribution in [0, 0.1) is 12.8 Å². The Balaban J connectivity index is 2.60. The van der Waals surface area contributed by atoms with Crippen LogP contribution in [0.5, 0.6) is 0 Å². The molecular formula is C10H18N2O. The summed E-state index contributed by atoms with van der Waals surface area (Å²) in [5.41, 5.74) is 1.00. The first-order chi connectivity index (χ1) is 6.13. The van der Waals surface area contributed by atoms with E-state index in [1.165, 1.54) is 0 Å². The fourth-order valence-electron chi connectivity index (χ4n) is 1.19. The number of aryl methyl sites for hydroxylation is 2. The lowest BCUT2D eigenvalue weighted by Crippen LogP contribution is -1.92. The third-order valence-electron chi connectivity index (χ3n) is 2.06. The van der Waals surface area contributed by atoms with Crippen molar-refractivity contribution in [3.63, 3.8) is 0 Å². The van der Waals surface area contributed by atoms with Crippen LogP contribution in [0.15, 0.2) is 4.42 Å². The summed E-state index contributed by atoms with van der Waals surface area (Å²) in [5.74, 6) is 1.72. The fraction of sp³-hybridized carbons (Fsp3) is 0.700. The van der Waals surface area contributed by atoms with Crippen molar-refractivity contribution in [3.05, 3.63) is 11.5 Å². The molecule has 3 nitrogen and oxygen atoms in total. The van der Waals surface area contributed by atoms with E-state index in [2.05, 4.69) is 24.1 Å². The number of oxazole rings is 1. The zero-order valence-corrected chi connectivity index (χ0v) is 8.85.